The first kappa shape index (κ1) is 26.2. The molecule has 2 aliphatic rings. The summed E-state index contributed by atoms with van der Waals surface area (Å²) < 4.78 is 76.0. The molecule has 14 heteroatoms. The van der Waals surface area contributed by atoms with Crippen LogP contribution in [-0.4, -0.2) is 80.4 Å². The molecule has 5 rings (SSSR count). The normalized spacial score (nSPS) is 23.6. The molecule has 0 aliphatic carbocycles. The lowest BCUT2D eigenvalue weighted by atomic mass is 10.1. The van der Waals surface area contributed by atoms with Gasteiger partial charge in [-0.05, 0) is 31.0 Å². The molecule has 0 amide bonds. The first-order valence-electron chi connectivity index (χ1n) is 11.6. The van der Waals surface area contributed by atoms with Gasteiger partial charge in [0.05, 0.1) is 42.3 Å². The van der Waals surface area contributed by atoms with Gasteiger partial charge in [-0.1, -0.05) is 17.7 Å². The Morgan fingerprint density at radius 1 is 1.14 bits per heavy atom. The van der Waals surface area contributed by atoms with Gasteiger partial charge >= 0.3 is 0 Å². The molecular formula is C23H25ClF2N4O6S. The van der Waals surface area contributed by atoms with Gasteiger partial charge in [0.1, 0.15) is 29.9 Å². The van der Waals surface area contributed by atoms with Gasteiger partial charge in [0.2, 0.25) is 10.0 Å². The Kier molecular flexibility index (Phi) is 7.61. The fourth-order valence-corrected chi connectivity index (χ4v) is 5.13. The number of hydrogen-bond donors (Lipinski definition) is 2. The second-order valence-electron chi connectivity index (χ2n) is 8.86. The zero-order chi connectivity index (χ0) is 26.2. The Morgan fingerprint density at radius 3 is 2.57 bits per heavy atom. The summed E-state index contributed by atoms with van der Waals surface area (Å²) in [5.41, 5.74) is 1.34. The topological polar surface area (TPSA) is 125 Å². The van der Waals surface area contributed by atoms with Gasteiger partial charge < -0.3 is 23.9 Å². The van der Waals surface area contributed by atoms with E-state index in [4.69, 9.17) is 30.5 Å². The maximum atomic E-state index is 14.0. The smallest absolute Gasteiger partial charge is 0.296 e. The molecule has 10 nitrogen and oxygen atoms in total. The predicted molar refractivity (Wildman–Crippen MR) is 129 cm³/mol. The first-order chi connectivity index (χ1) is 17.7. The summed E-state index contributed by atoms with van der Waals surface area (Å²) in [6.07, 6.45) is -0.137. The Morgan fingerprint density at radius 2 is 1.84 bits per heavy atom. The molecule has 0 bridgehead atoms. The number of halogens is 3. The maximum absolute atomic E-state index is 14.0. The SMILES string of the molecule is CS(=O)(=O)NCCO[C@@H]1CO[C@H]2[C@@H]1OC[C@H]2Oc1nc2nc(CCc3c(F)cccc3F)c(Cl)cc2[nH]1. The van der Waals surface area contributed by atoms with Gasteiger partial charge in [0.15, 0.2) is 11.8 Å². The predicted octanol–water partition coefficient (Wildman–Crippen LogP) is 2.15. The summed E-state index contributed by atoms with van der Waals surface area (Å²) in [6, 6.07) is 5.59. The number of benzene rings is 1. The number of sulfonamides is 1. The van der Waals surface area contributed by atoms with Gasteiger partial charge in [-0.3, -0.25) is 0 Å². The molecule has 2 saturated heterocycles. The summed E-state index contributed by atoms with van der Waals surface area (Å²) in [6.45, 7) is 0.873. The van der Waals surface area contributed by atoms with E-state index in [0.717, 1.165) is 6.26 Å². The minimum Gasteiger partial charge on any atom is -0.456 e. The molecule has 0 unspecified atom stereocenters. The van der Waals surface area contributed by atoms with E-state index in [2.05, 4.69) is 19.7 Å². The lowest BCUT2D eigenvalue weighted by Gasteiger charge is -2.17. The average Bonchev–Trinajstić information content (AvgIpc) is 3.52. The van der Waals surface area contributed by atoms with Crippen LogP contribution < -0.4 is 9.46 Å². The van der Waals surface area contributed by atoms with Crippen molar-refractivity contribution >= 4 is 32.8 Å². The van der Waals surface area contributed by atoms with Crippen LogP contribution in [0, 0.1) is 11.6 Å². The van der Waals surface area contributed by atoms with Crippen LogP contribution in [0.3, 0.4) is 0 Å². The van der Waals surface area contributed by atoms with Crippen molar-refractivity contribution in [1.29, 1.82) is 0 Å². The number of nitrogens with zero attached hydrogens (tertiary/aromatic N) is 2. The zero-order valence-corrected chi connectivity index (χ0v) is 21.3. The molecule has 1 aromatic carbocycles. The van der Waals surface area contributed by atoms with E-state index in [-0.39, 0.29) is 69.1 Å². The number of aryl methyl sites for hydroxylation is 1. The summed E-state index contributed by atoms with van der Waals surface area (Å²) in [7, 11) is -3.28. The highest BCUT2D eigenvalue weighted by Gasteiger charge is 2.49. The van der Waals surface area contributed by atoms with Crippen molar-refractivity contribution < 1.29 is 36.1 Å². The number of aromatic amines is 1. The molecule has 2 fully saturated rings. The van der Waals surface area contributed by atoms with Crippen LogP contribution in [0.25, 0.3) is 11.2 Å². The number of imidazole rings is 1. The number of pyridine rings is 1. The summed E-state index contributed by atoms with van der Waals surface area (Å²) in [4.78, 5) is 11.9. The van der Waals surface area contributed by atoms with Crippen LogP contribution >= 0.6 is 11.6 Å². The lowest BCUT2D eigenvalue weighted by molar-refractivity contribution is -0.0336. The molecule has 2 aliphatic heterocycles. The fourth-order valence-electron chi connectivity index (χ4n) is 4.43. The van der Waals surface area contributed by atoms with Crippen molar-refractivity contribution in [3.8, 4) is 6.01 Å². The fraction of sp³-hybridized carbons (Fsp3) is 0.478. The number of fused-ring (bicyclic) bond motifs is 2. The van der Waals surface area contributed by atoms with Crippen molar-refractivity contribution in [2.75, 3.05) is 32.6 Å². The largest absolute Gasteiger partial charge is 0.456 e. The molecule has 4 atom stereocenters. The van der Waals surface area contributed by atoms with Gasteiger partial charge in [-0.25, -0.2) is 26.9 Å². The van der Waals surface area contributed by atoms with Crippen molar-refractivity contribution in [1.82, 2.24) is 19.7 Å². The minimum absolute atomic E-state index is 0.0205. The Bertz CT molecular complexity index is 1370. The summed E-state index contributed by atoms with van der Waals surface area (Å²) in [5, 5.41) is 0.341. The molecule has 0 saturated carbocycles. The van der Waals surface area contributed by atoms with E-state index in [1.807, 2.05) is 0 Å². The van der Waals surface area contributed by atoms with E-state index in [1.54, 1.807) is 6.07 Å². The van der Waals surface area contributed by atoms with Crippen molar-refractivity contribution in [3.05, 3.63) is 52.2 Å². The van der Waals surface area contributed by atoms with Crippen LogP contribution in [0.2, 0.25) is 5.02 Å². The van der Waals surface area contributed by atoms with Crippen molar-refractivity contribution in [3.63, 3.8) is 0 Å². The molecule has 4 heterocycles. The van der Waals surface area contributed by atoms with Crippen molar-refractivity contribution in [2.24, 2.45) is 0 Å². The molecule has 200 valence electrons. The third kappa shape index (κ3) is 6.02. The van der Waals surface area contributed by atoms with E-state index in [1.165, 1.54) is 18.2 Å². The Hall–Kier alpha value is -2.42. The highest BCUT2D eigenvalue weighted by atomic mass is 35.5. The third-order valence-electron chi connectivity index (χ3n) is 6.17. The third-order valence-corrected chi connectivity index (χ3v) is 7.23. The first-order valence-corrected chi connectivity index (χ1v) is 13.9. The highest BCUT2D eigenvalue weighted by Crippen LogP contribution is 2.31. The van der Waals surface area contributed by atoms with E-state index >= 15 is 0 Å². The van der Waals surface area contributed by atoms with E-state index in [0.29, 0.717) is 21.9 Å². The summed E-state index contributed by atoms with van der Waals surface area (Å²) in [5.74, 6) is -1.23. The zero-order valence-electron chi connectivity index (χ0n) is 19.7. The number of nitrogens with one attached hydrogen (secondary N) is 2. The van der Waals surface area contributed by atoms with E-state index < -0.39 is 27.8 Å². The highest BCUT2D eigenvalue weighted by molar-refractivity contribution is 7.88. The quantitative estimate of drug-likeness (QED) is 0.363. The van der Waals surface area contributed by atoms with Crippen LogP contribution in [0.1, 0.15) is 11.3 Å². The maximum Gasteiger partial charge on any atom is 0.296 e. The molecule has 2 aromatic heterocycles. The number of aromatic nitrogens is 3. The lowest BCUT2D eigenvalue weighted by Crippen LogP contribution is -2.36. The van der Waals surface area contributed by atoms with Crippen LogP contribution in [0.15, 0.2) is 24.3 Å². The molecule has 2 N–H and O–H groups in total. The molecule has 3 aromatic rings. The molecule has 37 heavy (non-hydrogen) atoms. The number of rotatable bonds is 10. The van der Waals surface area contributed by atoms with Gasteiger partial charge in [-0.2, -0.15) is 4.98 Å². The molecule has 0 spiro atoms. The molecular weight excluding hydrogens is 534 g/mol. The minimum atomic E-state index is -3.28. The average molecular weight is 559 g/mol. The summed E-state index contributed by atoms with van der Waals surface area (Å²) >= 11 is 6.36. The second kappa shape index (κ2) is 10.8. The van der Waals surface area contributed by atoms with Crippen LogP contribution in [0.5, 0.6) is 6.01 Å². The van der Waals surface area contributed by atoms with Gasteiger partial charge in [0, 0.05) is 12.1 Å². The van der Waals surface area contributed by atoms with Gasteiger partial charge in [-0.15, -0.1) is 0 Å². The Balaban J connectivity index is 1.20. The second-order valence-corrected chi connectivity index (χ2v) is 11.1. The van der Waals surface area contributed by atoms with E-state index in [9.17, 15) is 17.2 Å². The van der Waals surface area contributed by atoms with Gasteiger partial charge in [0.25, 0.3) is 6.01 Å². The van der Waals surface area contributed by atoms with Crippen LogP contribution in [-0.2, 0) is 37.1 Å². The number of ether oxygens (including phenoxy) is 4. The molecule has 0 radical (unpaired) electrons. The number of hydrogen-bond acceptors (Lipinski definition) is 8. The number of H-pyrrole nitrogens is 1. The monoisotopic (exact) mass is 558 g/mol. The standard InChI is InChI=1S/C23H25ClF2N4O6S/c1-37(31,32)27-7-8-33-18-10-34-21-19(11-35-20(18)21)36-23-29-17-9-13(24)16(28-22(17)30-23)6-5-12-14(25)3-2-4-15(12)26/h2-4,9,18-21,27H,5-8,10-11H2,1H3,(H,28,29,30)/t18-,19-,20-,21-/m1/s1. The van der Waals surface area contributed by atoms with Crippen molar-refractivity contribution in [2.45, 2.75) is 37.3 Å². The van der Waals surface area contributed by atoms with Crippen LogP contribution in [0.4, 0.5) is 8.78 Å². The Labute approximate surface area is 216 Å².